The normalized spacial score (nSPS) is 12.1. The molecule has 0 bridgehead atoms. The Morgan fingerprint density at radius 1 is 1.41 bits per heavy atom. The quantitative estimate of drug-likeness (QED) is 0.809. The zero-order valence-electron chi connectivity index (χ0n) is 12.5. The maximum absolute atomic E-state index is 12.4. The Morgan fingerprint density at radius 2 is 2.09 bits per heavy atom. The molecule has 8 nitrogen and oxygen atoms in total. The number of hydrogen-bond donors (Lipinski definition) is 2. The van der Waals surface area contributed by atoms with Crippen molar-refractivity contribution in [3.8, 4) is 0 Å². The number of carboxylic acid groups (broad SMARTS) is 1. The van der Waals surface area contributed by atoms with Crippen LogP contribution < -0.4 is 15.7 Å². The fourth-order valence-electron chi connectivity index (χ4n) is 2.10. The van der Waals surface area contributed by atoms with Crippen molar-refractivity contribution in [3.05, 3.63) is 34.1 Å². The van der Waals surface area contributed by atoms with Gasteiger partial charge in [0.2, 0.25) is 6.10 Å². The average Bonchev–Trinajstić information content (AvgIpc) is 2.72. The number of amides is 1. The first kappa shape index (κ1) is 15.6. The summed E-state index contributed by atoms with van der Waals surface area (Å²) in [4.78, 5) is 41.7. The molecule has 0 aliphatic heterocycles. The summed E-state index contributed by atoms with van der Waals surface area (Å²) in [6.45, 7) is 3.56. The van der Waals surface area contributed by atoms with Crippen LogP contribution in [0.3, 0.4) is 0 Å². The highest BCUT2D eigenvalue weighted by Gasteiger charge is 2.21. The number of aliphatic carboxylic acids is 1. The third-order valence-electron chi connectivity index (χ3n) is 3.22. The summed E-state index contributed by atoms with van der Waals surface area (Å²) in [5.41, 5.74) is 0.129. The second kappa shape index (κ2) is 5.92. The molecule has 0 saturated carbocycles. The molecule has 1 unspecified atom stereocenters. The molecule has 1 atom stereocenters. The summed E-state index contributed by atoms with van der Waals surface area (Å²) in [6, 6.07) is 4.74. The number of carbonyl (C=O) groups excluding carboxylic acids is 1. The van der Waals surface area contributed by atoms with Gasteiger partial charge in [-0.05, 0) is 26.0 Å². The van der Waals surface area contributed by atoms with Gasteiger partial charge in [-0.2, -0.15) is 0 Å². The number of aromatic nitrogens is 2. The second-order valence-corrected chi connectivity index (χ2v) is 4.75. The van der Waals surface area contributed by atoms with Crippen molar-refractivity contribution in [3.63, 3.8) is 0 Å². The molecule has 0 fully saturated rings. The summed E-state index contributed by atoms with van der Waals surface area (Å²) in [5.74, 6) is -1.52. The molecule has 8 heteroatoms. The number of carboxylic acids is 1. The van der Waals surface area contributed by atoms with E-state index in [-0.39, 0.29) is 16.9 Å². The zero-order valence-corrected chi connectivity index (χ0v) is 12.5. The Labute approximate surface area is 125 Å². The Kier molecular flexibility index (Phi) is 4.20. The number of nitrogens with one attached hydrogen (secondary N) is 1. The summed E-state index contributed by atoms with van der Waals surface area (Å²) >= 11 is 0. The molecule has 1 aromatic heterocycles. The van der Waals surface area contributed by atoms with Gasteiger partial charge in [0.15, 0.2) is 0 Å². The molecule has 22 heavy (non-hydrogen) atoms. The fraction of sp³-hybridized carbons (Fsp3) is 0.357. The van der Waals surface area contributed by atoms with Gasteiger partial charge >= 0.3 is 5.97 Å². The molecule has 118 valence electrons. The number of nitrogens with zero attached hydrogens (tertiary/aromatic N) is 2. The van der Waals surface area contributed by atoms with E-state index in [4.69, 9.17) is 9.94 Å². The minimum atomic E-state index is -1.16. The van der Waals surface area contributed by atoms with Gasteiger partial charge in [-0.15, -0.1) is 4.85 Å². The van der Waals surface area contributed by atoms with Crippen molar-refractivity contribution in [2.75, 3.05) is 6.54 Å². The molecule has 0 aliphatic rings. The van der Waals surface area contributed by atoms with E-state index in [9.17, 15) is 14.4 Å². The third-order valence-corrected chi connectivity index (χ3v) is 3.22. The van der Waals surface area contributed by atoms with Crippen LogP contribution in [0.5, 0.6) is 0 Å². The van der Waals surface area contributed by atoms with Crippen molar-refractivity contribution in [2.45, 2.75) is 20.0 Å². The molecule has 2 aromatic rings. The molecule has 2 rings (SSSR count). The van der Waals surface area contributed by atoms with Crippen molar-refractivity contribution in [1.82, 2.24) is 14.8 Å². The Morgan fingerprint density at radius 3 is 2.68 bits per heavy atom. The summed E-state index contributed by atoms with van der Waals surface area (Å²) in [5, 5.41) is 11.8. The van der Waals surface area contributed by atoms with Gasteiger partial charge in [0.05, 0.1) is 10.9 Å². The van der Waals surface area contributed by atoms with Crippen LogP contribution in [0.1, 0.15) is 24.2 Å². The molecule has 1 heterocycles. The van der Waals surface area contributed by atoms with Crippen molar-refractivity contribution < 1.29 is 19.5 Å². The highest BCUT2D eigenvalue weighted by Crippen LogP contribution is 2.16. The number of rotatable bonds is 5. The first-order chi connectivity index (χ1) is 10.4. The van der Waals surface area contributed by atoms with Crippen molar-refractivity contribution in [2.24, 2.45) is 7.05 Å². The Balaban J connectivity index is 2.64. The van der Waals surface area contributed by atoms with E-state index >= 15 is 0 Å². The number of fused-ring (bicyclic) bond motifs is 1. The van der Waals surface area contributed by atoms with Crippen LogP contribution in [0.2, 0.25) is 0 Å². The molecule has 0 saturated heterocycles. The number of carbonyl (C=O) groups is 2. The standard InChI is InChI=1S/C14H17N3O5/c1-4-15-12(18)9-6-5-7-10-11(9)13(19)16(3)17(10)22-8(2)14(20)21/h5-8H,4H2,1-3H3,(H,15,18)(H,20,21). The van der Waals surface area contributed by atoms with Gasteiger partial charge in [0, 0.05) is 13.6 Å². The lowest BCUT2D eigenvalue weighted by Crippen LogP contribution is -2.34. The highest BCUT2D eigenvalue weighted by atomic mass is 16.7. The van der Waals surface area contributed by atoms with E-state index in [1.165, 1.54) is 14.0 Å². The van der Waals surface area contributed by atoms with Crippen LogP contribution in [0.25, 0.3) is 10.9 Å². The lowest BCUT2D eigenvalue weighted by molar-refractivity contribution is -0.150. The molecule has 0 radical (unpaired) electrons. The van der Waals surface area contributed by atoms with Crippen LogP contribution in [0.4, 0.5) is 0 Å². The van der Waals surface area contributed by atoms with E-state index in [2.05, 4.69) is 5.32 Å². The third kappa shape index (κ3) is 2.54. The SMILES string of the molecule is CCNC(=O)c1cccc2c1c(=O)n(C)n2OC(C)C(=O)O. The predicted molar refractivity (Wildman–Crippen MR) is 78.9 cm³/mol. The lowest BCUT2D eigenvalue weighted by atomic mass is 10.1. The van der Waals surface area contributed by atoms with Crippen LogP contribution >= 0.6 is 0 Å². The van der Waals surface area contributed by atoms with Crippen molar-refractivity contribution in [1.29, 1.82) is 0 Å². The van der Waals surface area contributed by atoms with Gasteiger partial charge in [-0.3, -0.25) is 9.59 Å². The first-order valence-electron chi connectivity index (χ1n) is 6.77. The summed E-state index contributed by atoms with van der Waals surface area (Å²) in [7, 11) is 1.44. The number of hydrogen-bond acceptors (Lipinski definition) is 4. The molecular weight excluding hydrogens is 290 g/mol. The zero-order chi connectivity index (χ0) is 16.4. The largest absolute Gasteiger partial charge is 0.478 e. The lowest BCUT2D eigenvalue weighted by Gasteiger charge is -2.13. The van der Waals surface area contributed by atoms with Crippen LogP contribution in [0, 0.1) is 0 Å². The van der Waals surface area contributed by atoms with Crippen LogP contribution in [-0.2, 0) is 11.8 Å². The van der Waals surface area contributed by atoms with E-state index in [0.29, 0.717) is 12.1 Å². The molecule has 0 aliphatic carbocycles. The smallest absolute Gasteiger partial charge is 0.347 e. The summed E-state index contributed by atoms with van der Waals surface area (Å²) in [6.07, 6.45) is -1.14. The minimum Gasteiger partial charge on any atom is -0.478 e. The molecular formula is C14H17N3O5. The van der Waals surface area contributed by atoms with E-state index < -0.39 is 17.6 Å². The molecule has 1 amide bonds. The van der Waals surface area contributed by atoms with E-state index in [0.717, 1.165) is 9.53 Å². The Hall–Kier alpha value is -2.77. The predicted octanol–water partition coefficient (Wildman–Crippen LogP) is -0.00860. The van der Waals surface area contributed by atoms with Gasteiger partial charge in [-0.1, -0.05) is 6.07 Å². The highest BCUT2D eigenvalue weighted by molar-refractivity contribution is 6.06. The first-order valence-corrected chi connectivity index (χ1v) is 6.77. The van der Waals surface area contributed by atoms with Gasteiger partial charge < -0.3 is 15.3 Å². The topological polar surface area (TPSA) is 103 Å². The molecule has 1 aromatic carbocycles. The van der Waals surface area contributed by atoms with Gasteiger partial charge in [0.1, 0.15) is 5.52 Å². The minimum absolute atomic E-state index is 0.188. The van der Waals surface area contributed by atoms with Crippen LogP contribution in [-0.4, -0.2) is 39.2 Å². The molecule has 2 N–H and O–H groups in total. The van der Waals surface area contributed by atoms with E-state index in [1.807, 2.05) is 0 Å². The fourth-order valence-corrected chi connectivity index (χ4v) is 2.10. The van der Waals surface area contributed by atoms with Crippen molar-refractivity contribution >= 4 is 22.8 Å². The Bertz CT molecular complexity index is 790. The summed E-state index contributed by atoms with van der Waals surface area (Å²) < 4.78 is 1.13. The second-order valence-electron chi connectivity index (χ2n) is 4.75. The maximum Gasteiger partial charge on any atom is 0.347 e. The van der Waals surface area contributed by atoms with E-state index in [1.54, 1.807) is 25.1 Å². The molecule has 0 spiro atoms. The van der Waals surface area contributed by atoms with Gasteiger partial charge in [-0.25, -0.2) is 9.48 Å². The average molecular weight is 307 g/mol. The number of benzene rings is 1. The maximum atomic E-state index is 12.4. The van der Waals surface area contributed by atoms with Gasteiger partial charge in [0.25, 0.3) is 11.5 Å². The van der Waals surface area contributed by atoms with Crippen LogP contribution in [0.15, 0.2) is 23.0 Å². The monoisotopic (exact) mass is 307 g/mol.